The van der Waals surface area contributed by atoms with Gasteiger partial charge in [0.2, 0.25) is 0 Å². The van der Waals surface area contributed by atoms with Gasteiger partial charge in [0.15, 0.2) is 0 Å². The van der Waals surface area contributed by atoms with Crippen molar-refractivity contribution in [2.24, 2.45) is 0 Å². The summed E-state index contributed by atoms with van der Waals surface area (Å²) in [6.45, 7) is 0. The molecule has 7 heteroatoms. The molecule has 0 saturated heterocycles. The zero-order chi connectivity index (χ0) is 17.8. The van der Waals surface area contributed by atoms with Crippen LogP contribution in [-0.4, -0.2) is 23.8 Å². The Morgan fingerprint density at radius 1 is 1.00 bits per heavy atom. The van der Waals surface area contributed by atoms with Crippen LogP contribution in [0.1, 0.15) is 20.8 Å². The van der Waals surface area contributed by atoms with Crippen LogP contribution >= 0.6 is 22.9 Å². The zero-order valence-electron chi connectivity index (χ0n) is 13.2. The number of nitrogens with one attached hydrogen (secondary N) is 2. The van der Waals surface area contributed by atoms with Gasteiger partial charge in [-0.15, -0.1) is 11.3 Å². The van der Waals surface area contributed by atoms with Crippen LogP contribution in [0.25, 0.3) is 10.6 Å². The van der Waals surface area contributed by atoms with Crippen LogP contribution in [0.5, 0.6) is 0 Å². The lowest BCUT2D eigenvalue weighted by molar-refractivity contribution is 0.0962. The summed E-state index contributed by atoms with van der Waals surface area (Å²) in [5, 5.41) is 8.42. The Hall–Kier alpha value is -2.70. The van der Waals surface area contributed by atoms with Crippen molar-refractivity contribution in [2.45, 2.75) is 0 Å². The summed E-state index contributed by atoms with van der Waals surface area (Å²) < 4.78 is 0. The lowest BCUT2D eigenvalue weighted by atomic mass is 10.2. The van der Waals surface area contributed by atoms with Gasteiger partial charge in [0.05, 0.1) is 0 Å². The van der Waals surface area contributed by atoms with E-state index in [2.05, 4.69) is 15.6 Å². The van der Waals surface area contributed by atoms with Gasteiger partial charge in [0, 0.05) is 34.3 Å². The highest BCUT2D eigenvalue weighted by atomic mass is 35.5. The summed E-state index contributed by atoms with van der Waals surface area (Å²) in [5.41, 5.74) is 2.37. The van der Waals surface area contributed by atoms with E-state index in [1.165, 1.54) is 11.3 Å². The number of rotatable bonds is 4. The van der Waals surface area contributed by atoms with Crippen LogP contribution in [-0.2, 0) is 0 Å². The zero-order valence-corrected chi connectivity index (χ0v) is 14.8. The molecular formula is C18H14ClN3O2S. The minimum Gasteiger partial charge on any atom is -0.355 e. The van der Waals surface area contributed by atoms with Gasteiger partial charge in [-0.1, -0.05) is 23.7 Å². The highest BCUT2D eigenvalue weighted by molar-refractivity contribution is 7.13. The lowest BCUT2D eigenvalue weighted by Crippen LogP contribution is -2.18. The van der Waals surface area contributed by atoms with Gasteiger partial charge in [-0.25, -0.2) is 4.98 Å². The molecule has 0 fully saturated rings. The molecule has 126 valence electrons. The van der Waals surface area contributed by atoms with Crippen molar-refractivity contribution in [1.29, 1.82) is 0 Å². The van der Waals surface area contributed by atoms with Crippen LogP contribution in [0.3, 0.4) is 0 Å². The van der Waals surface area contributed by atoms with Crippen LogP contribution in [0.15, 0.2) is 53.9 Å². The van der Waals surface area contributed by atoms with Crippen LogP contribution < -0.4 is 10.6 Å². The maximum absolute atomic E-state index is 12.3. The fourth-order valence-electron chi connectivity index (χ4n) is 2.15. The van der Waals surface area contributed by atoms with Gasteiger partial charge in [-0.3, -0.25) is 9.59 Å². The molecule has 2 aromatic carbocycles. The van der Waals surface area contributed by atoms with E-state index in [4.69, 9.17) is 11.6 Å². The number of amides is 2. The lowest BCUT2D eigenvalue weighted by Gasteiger charge is -2.04. The minimum absolute atomic E-state index is 0.176. The molecule has 2 amide bonds. The molecule has 0 aliphatic heterocycles. The molecule has 3 rings (SSSR count). The third-order valence-electron chi connectivity index (χ3n) is 3.46. The number of halogens is 1. The molecule has 0 unspecified atom stereocenters. The molecule has 1 heterocycles. The average Bonchev–Trinajstić information content (AvgIpc) is 3.12. The Labute approximate surface area is 153 Å². The van der Waals surface area contributed by atoms with E-state index in [1.807, 2.05) is 12.1 Å². The Morgan fingerprint density at radius 2 is 1.68 bits per heavy atom. The van der Waals surface area contributed by atoms with Crippen molar-refractivity contribution in [3.8, 4) is 10.6 Å². The van der Waals surface area contributed by atoms with Crippen LogP contribution in [0.2, 0.25) is 5.02 Å². The van der Waals surface area contributed by atoms with E-state index in [9.17, 15) is 9.59 Å². The molecule has 0 saturated carbocycles. The van der Waals surface area contributed by atoms with Gasteiger partial charge in [-0.05, 0) is 36.4 Å². The summed E-state index contributed by atoms with van der Waals surface area (Å²) in [4.78, 5) is 28.2. The van der Waals surface area contributed by atoms with E-state index in [0.29, 0.717) is 22.0 Å². The summed E-state index contributed by atoms with van der Waals surface area (Å²) >= 11 is 7.27. The first-order chi connectivity index (χ1) is 12.1. The highest BCUT2D eigenvalue weighted by Crippen LogP contribution is 2.25. The number of thiazole rings is 1. The van der Waals surface area contributed by atoms with E-state index in [0.717, 1.165) is 10.6 Å². The summed E-state index contributed by atoms with van der Waals surface area (Å²) in [6.07, 6.45) is 0. The number of carbonyl (C=O) groups excluding carboxylic acids is 2. The second-order valence-electron chi connectivity index (χ2n) is 5.16. The van der Waals surface area contributed by atoms with Gasteiger partial charge in [0.1, 0.15) is 10.7 Å². The Kier molecular flexibility index (Phi) is 5.11. The standard InChI is InChI=1S/C18H14ClN3O2S/c1-20-16(23)11-4-8-14(9-5-11)21-17(24)15-10-25-18(22-15)12-2-6-13(19)7-3-12/h2-10H,1H3,(H,20,23)(H,21,24). The number of aromatic nitrogens is 1. The van der Waals surface area contributed by atoms with Crippen LogP contribution in [0.4, 0.5) is 5.69 Å². The van der Waals surface area contributed by atoms with E-state index < -0.39 is 0 Å². The second kappa shape index (κ2) is 7.46. The topological polar surface area (TPSA) is 71.1 Å². The SMILES string of the molecule is CNC(=O)c1ccc(NC(=O)c2csc(-c3ccc(Cl)cc3)n2)cc1. The fraction of sp³-hybridized carbons (Fsp3) is 0.0556. The van der Waals surface area contributed by atoms with Gasteiger partial charge in [-0.2, -0.15) is 0 Å². The van der Waals surface area contributed by atoms with Gasteiger partial charge < -0.3 is 10.6 Å². The molecule has 0 aliphatic carbocycles. The third kappa shape index (κ3) is 4.04. The van der Waals surface area contributed by atoms with E-state index >= 15 is 0 Å². The van der Waals surface area contributed by atoms with Crippen molar-refractivity contribution < 1.29 is 9.59 Å². The van der Waals surface area contributed by atoms with E-state index in [1.54, 1.807) is 48.8 Å². The fourth-order valence-corrected chi connectivity index (χ4v) is 3.08. The maximum Gasteiger partial charge on any atom is 0.275 e. The first-order valence-electron chi connectivity index (χ1n) is 7.42. The molecule has 3 aromatic rings. The second-order valence-corrected chi connectivity index (χ2v) is 6.45. The van der Waals surface area contributed by atoms with Crippen molar-refractivity contribution >= 4 is 40.4 Å². The molecule has 0 atom stereocenters. The monoisotopic (exact) mass is 371 g/mol. The number of hydrogen-bond donors (Lipinski definition) is 2. The summed E-state index contributed by atoms with van der Waals surface area (Å²) in [6, 6.07) is 13.9. The largest absolute Gasteiger partial charge is 0.355 e. The van der Waals surface area contributed by atoms with Crippen molar-refractivity contribution in [3.63, 3.8) is 0 Å². The highest BCUT2D eigenvalue weighted by Gasteiger charge is 2.12. The average molecular weight is 372 g/mol. The smallest absolute Gasteiger partial charge is 0.275 e. The number of carbonyl (C=O) groups is 2. The molecule has 0 bridgehead atoms. The van der Waals surface area contributed by atoms with Crippen molar-refractivity contribution in [1.82, 2.24) is 10.3 Å². The molecule has 25 heavy (non-hydrogen) atoms. The summed E-state index contributed by atoms with van der Waals surface area (Å²) in [5.74, 6) is -0.478. The summed E-state index contributed by atoms with van der Waals surface area (Å²) in [7, 11) is 1.57. The third-order valence-corrected chi connectivity index (χ3v) is 4.60. The molecule has 0 spiro atoms. The van der Waals surface area contributed by atoms with Crippen molar-refractivity contribution in [2.75, 3.05) is 12.4 Å². The molecule has 0 radical (unpaired) electrons. The molecular weight excluding hydrogens is 358 g/mol. The maximum atomic E-state index is 12.3. The predicted octanol–water partition coefficient (Wildman–Crippen LogP) is 4.08. The first-order valence-corrected chi connectivity index (χ1v) is 8.67. The first kappa shape index (κ1) is 17.1. The van der Waals surface area contributed by atoms with Crippen molar-refractivity contribution in [3.05, 3.63) is 70.2 Å². The Bertz CT molecular complexity index is 905. The molecule has 0 aliphatic rings. The normalized spacial score (nSPS) is 10.3. The number of hydrogen-bond acceptors (Lipinski definition) is 4. The molecule has 5 nitrogen and oxygen atoms in total. The molecule has 1 aromatic heterocycles. The van der Waals surface area contributed by atoms with Gasteiger partial charge in [0.25, 0.3) is 11.8 Å². The minimum atomic E-state index is -0.302. The van der Waals surface area contributed by atoms with Crippen LogP contribution in [0, 0.1) is 0 Å². The number of anilines is 1. The molecule has 2 N–H and O–H groups in total. The van der Waals surface area contributed by atoms with E-state index in [-0.39, 0.29) is 11.8 Å². The number of benzene rings is 2. The van der Waals surface area contributed by atoms with Gasteiger partial charge >= 0.3 is 0 Å². The Morgan fingerprint density at radius 3 is 2.32 bits per heavy atom. The predicted molar refractivity (Wildman–Crippen MR) is 100 cm³/mol. The quantitative estimate of drug-likeness (QED) is 0.726. The number of nitrogens with zero attached hydrogens (tertiary/aromatic N) is 1. The Balaban J connectivity index is 1.71.